The van der Waals surface area contributed by atoms with Crippen LogP contribution in [0.3, 0.4) is 0 Å². The standard InChI is InChI=1S/C13H15Cl2NO2/c1-13(2,18)8-16-11(17)7-6-9-4-3-5-10(14)12(9)15/h3-7,18H,8H2,1-2H3,(H,16,17). The molecule has 1 aromatic rings. The van der Waals surface area contributed by atoms with Crippen LogP contribution in [0.5, 0.6) is 0 Å². The van der Waals surface area contributed by atoms with Crippen molar-refractivity contribution in [1.29, 1.82) is 0 Å². The highest BCUT2D eigenvalue weighted by atomic mass is 35.5. The normalized spacial score (nSPS) is 11.8. The molecule has 0 fully saturated rings. The van der Waals surface area contributed by atoms with Gasteiger partial charge in [-0.1, -0.05) is 35.3 Å². The van der Waals surface area contributed by atoms with Crippen molar-refractivity contribution in [2.45, 2.75) is 19.4 Å². The molecule has 98 valence electrons. The smallest absolute Gasteiger partial charge is 0.244 e. The maximum Gasteiger partial charge on any atom is 0.244 e. The van der Waals surface area contributed by atoms with Crippen LogP contribution >= 0.6 is 23.2 Å². The zero-order valence-electron chi connectivity index (χ0n) is 10.2. The average Bonchev–Trinajstić information content (AvgIpc) is 2.27. The summed E-state index contributed by atoms with van der Waals surface area (Å²) >= 11 is 11.8. The van der Waals surface area contributed by atoms with E-state index < -0.39 is 5.60 Å². The van der Waals surface area contributed by atoms with Gasteiger partial charge in [-0.3, -0.25) is 4.79 Å². The van der Waals surface area contributed by atoms with E-state index in [9.17, 15) is 9.90 Å². The third kappa shape index (κ3) is 5.08. The summed E-state index contributed by atoms with van der Waals surface area (Å²) in [4.78, 5) is 11.5. The highest BCUT2D eigenvalue weighted by Crippen LogP contribution is 2.26. The van der Waals surface area contributed by atoms with Crippen molar-refractivity contribution in [2.75, 3.05) is 6.54 Å². The molecule has 2 N–H and O–H groups in total. The second kappa shape index (κ2) is 6.23. The Morgan fingerprint density at radius 1 is 1.44 bits per heavy atom. The lowest BCUT2D eigenvalue weighted by Gasteiger charge is -2.16. The Morgan fingerprint density at radius 3 is 2.72 bits per heavy atom. The highest BCUT2D eigenvalue weighted by molar-refractivity contribution is 6.42. The number of nitrogens with one attached hydrogen (secondary N) is 1. The summed E-state index contributed by atoms with van der Waals surface area (Å²) in [6.07, 6.45) is 2.93. The van der Waals surface area contributed by atoms with E-state index in [1.807, 2.05) is 0 Å². The van der Waals surface area contributed by atoms with Crippen molar-refractivity contribution in [2.24, 2.45) is 0 Å². The lowest BCUT2D eigenvalue weighted by atomic mass is 10.1. The van der Waals surface area contributed by atoms with Gasteiger partial charge in [-0.2, -0.15) is 0 Å². The van der Waals surface area contributed by atoms with Gasteiger partial charge < -0.3 is 10.4 Å². The Kier molecular flexibility index (Phi) is 5.20. The molecule has 1 amide bonds. The fraction of sp³-hybridized carbons (Fsp3) is 0.308. The van der Waals surface area contributed by atoms with Crippen molar-refractivity contribution in [3.05, 3.63) is 39.9 Å². The highest BCUT2D eigenvalue weighted by Gasteiger charge is 2.12. The maximum absolute atomic E-state index is 11.5. The van der Waals surface area contributed by atoms with Gasteiger partial charge in [0.2, 0.25) is 5.91 Å². The van der Waals surface area contributed by atoms with Gasteiger partial charge in [-0.25, -0.2) is 0 Å². The van der Waals surface area contributed by atoms with E-state index in [1.165, 1.54) is 6.08 Å². The first-order valence-electron chi connectivity index (χ1n) is 5.42. The van der Waals surface area contributed by atoms with Crippen LogP contribution in [0.2, 0.25) is 10.0 Å². The number of hydrogen-bond donors (Lipinski definition) is 2. The molecule has 0 aromatic heterocycles. The van der Waals surface area contributed by atoms with Crippen LogP contribution in [0, 0.1) is 0 Å². The summed E-state index contributed by atoms with van der Waals surface area (Å²) in [6, 6.07) is 5.19. The minimum atomic E-state index is -0.933. The van der Waals surface area contributed by atoms with Gasteiger partial charge in [0.25, 0.3) is 0 Å². The van der Waals surface area contributed by atoms with E-state index in [2.05, 4.69) is 5.32 Å². The fourth-order valence-corrected chi connectivity index (χ4v) is 1.55. The van der Waals surface area contributed by atoms with Gasteiger partial charge in [0.05, 0.1) is 15.6 Å². The lowest BCUT2D eigenvalue weighted by molar-refractivity contribution is -0.117. The molecule has 3 nitrogen and oxygen atoms in total. The zero-order valence-corrected chi connectivity index (χ0v) is 11.7. The summed E-state index contributed by atoms with van der Waals surface area (Å²) in [6.45, 7) is 3.41. The molecule has 0 saturated carbocycles. The van der Waals surface area contributed by atoms with E-state index >= 15 is 0 Å². The van der Waals surface area contributed by atoms with Crippen molar-refractivity contribution in [3.8, 4) is 0 Å². The molecule has 0 spiro atoms. The molecule has 1 rings (SSSR count). The quantitative estimate of drug-likeness (QED) is 0.837. The minimum Gasteiger partial charge on any atom is -0.389 e. The van der Waals surface area contributed by atoms with Crippen molar-refractivity contribution >= 4 is 35.2 Å². The Balaban J connectivity index is 2.64. The maximum atomic E-state index is 11.5. The summed E-state index contributed by atoms with van der Waals surface area (Å²) in [5.41, 5.74) is -0.264. The summed E-state index contributed by atoms with van der Waals surface area (Å²) in [5, 5.41) is 12.9. The third-order valence-electron chi connectivity index (χ3n) is 2.09. The zero-order chi connectivity index (χ0) is 13.8. The third-order valence-corrected chi connectivity index (χ3v) is 2.92. The Labute approximate surface area is 116 Å². The molecule has 0 aliphatic carbocycles. The minimum absolute atomic E-state index is 0.180. The SMILES string of the molecule is CC(C)(O)CNC(=O)C=Cc1cccc(Cl)c1Cl. The van der Waals surface area contributed by atoms with Gasteiger partial charge in [-0.15, -0.1) is 0 Å². The largest absolute Gasteiger partial charge is 0.389 e. The van der Waals surface area contributed by atoms with Crippen molar-refractivity contribution in [1.82, 2.24) is 5.32 Å². The van der Waals surface area contributed by atoms with Gasteiger partial charge in [-0.05, 0) is 31.6 Å². The second-order valence-corrected chi connectivity index (χ2v) is 5.29. The molecular formula is C13H15Cl2NO2. The number of aliphatic hydroxyl groups is 1. The van der Waals surface area contributed by atoms with Crippen LogP contribution in [0.25, 0.3) is 6.08 Å². The van der Waals surface area contributed by atoms with Crippen molar-refractivity contribution < 1.29 is 9.90 Å². The van der Waals surface area contributed by atoms with Crippen LogP contribution in [-0.2, 0) is 4.79 Å². The lowest BCUT2D eigenvalue weighted by Crippen LogP contribution is -2.37. The van der Waals surface area contributed by atoms with E-state index in [0.29, 0.717) is 15.6 Å². The molecular weight excluding hydrogens is 273 g/mol. The van der Waals surface area contributed by atoms with Gasteiger partial charge in [0, 0.05) is 12.6 Å². The van der Waals surface area contributed by atoms with Crippen LogP contribution < -0.4 is 5.32 Å². The predicted molar refractivity (Wildman–Crippen MR) is 74.8 cm³/mol. The van der Waals surface area contributed by atoms with E-state index in [4.69, 9.17) is 23.2 Å². The predicted octanol–water partition coefficient (Wildman–Crippen LogP) is 2.89. The Morgan fingerprint density at radius 2 is 2.11 bits per heavy atom. The molecule has 0 aliphatic rings. The number of hydrogen-bond acceptors (Lipinski definition) is 2. The van der Waals surface area contributed by atoms with Crippen molar-refractivity contribution in [3.63, 3.8) is 0 Å². The van der Waals surface area contributed by atoms with Gasteiger partial charge in [0.1, 0.15) is 0 Å². The summed E-state index contributed by atoms with van der Waals surface area (Å²) in [7, 11) is 0. The molecule has 0 saturated heterocycles. The first-order chi connectivity index (χ1) is 8.29. The van der Waals surface area contributed by atoms with Gasteiger partial charge >= 0.3 is 0 Å². The first kappa shape index (κ1) is 15.0. The molecule has 0 atom stereocenters. The molecule has 0 heterocycles. The number of halogens is 2. The molecule has 0 aliphatic heterocycles. The molecule has 0 bridgehead atoms. The second-order valence-electron chi connectivity index (χ2n) is 4.51. The van der Waals surface area contributed by atoms with Gasteiger partial charge in [0.15, 0.2) is 0 Å². The van der Waals surface area contributed by atoms with Crippen LogP contribution in [-0.4, -0.2) is 23.2 Å². The summed E-state index contributed by atoms with van der Waals surface area (Å²) < 4.78 is 0. The van der Waals surface area contributed by atoms with Crippen LogP contribution in [0.4, 0.5) is 0 Å². The number of amides is 1. The summed E-state index contributed by atoms with van der Waals surface area (Å²) in [5.74, 6) is -0.298. The number of carbonyl (C=O) groups excluding carboxylic acids is 1. The van der Waals surface area contributed by atoms with E-state index in [0.717, 1.165) is 0 Å². The molecule has 18 heavy (non-hydrogen) atoms. The number of carbonyl (C=O) groups is 1. The Bertz CT molecular complexity index is 465. The fourth-order valence-electron chi connectivity index (χ4n) is 1.18. The number of benzene rings is 1. The Hall–Kier alpha value is -1.03. The first-order valence-corrected chi connectivity index (χ1v) is 6.17. The van der Waals surface area contributed by atoms with E-state index in [-0.39, 0.29) is 12.5 Å². The average molecular weight is 288 g/mol. The number of rotatable bonds is 4. The topological polar surface area (TPSA) is 49.3 Å². The van der Waals surface area contributed by atoms with E-state index in [1.54, 1.807) is 38.1 Å². The molecule has 1 aromatic carbocycles. The molecule has 5 heteroatoms. The van der Waals surface area contributed by atoms with Crippen LogP contribution in [0.15, 0.2) is 24.3 Å². The molecule has 0 unspecified atom stereocenters. The monoisotopic (exact) mass is 287 g/mol. The van der Waals surface area contributed by atoms with Crippen LogP contribution in [0.1, 0.15) is 19.4 Å². The molecule has 0 radical (unpaired) electrons.